The number of carbonyl (C=O) groups excluding carboxylic acids is 1. The van der Waals surface area contributed by atoms with Crippen LogP contribution in [-0.2, 0) is 21.0 Å². The van der Waals surface area contributed by atoms with E-state index in [2.05, 4.69) is 4.84 Å². The van der Waals surface area contributed by atoms with Gasteiger partial charge < -0.3 is 14.7 Å². The van der Waals surface area contributed by atoms with E-state index in [1.807, 2.05) is 30.3 Å². The average molecular weight is 279 g/mol. The Hall–Kier alpha value is -2.08. The predicted molar refractivity (Wildman–Crippen MR) is 69.6 cm³/mol. The van der Waals surface area contributed by atoms with Gasteiger partial charge in [-0.25, -0.2) is 4.79 Å². The molecule has 0 unspecified atom stereocenters. The van der Waals surface area contributed by atoms with E-state index in [-0.39, 0.29) is 18.5 Å². The number of hydrogen-bond donors (Lipinski definition) is 1. The van der Waals surface area contributed by atoms with Gasteiger partial charge in [0.05, 0.1) is 5.92 Å². The molecule has 2 rings (SSSR count). The molecule has 0 aliphatic carbocycles. The van der Waals surface area contributed by atoms with Gasteiger partial charge in [-0.2, -0.15) is 0 Å². The number of hydroxylamine groups is 2. The van der Waals surface area contributed by atoms with Crippen LogP contribution in [0.25, 0.3) is 0 Å². The van der Waals surface area contributed by atoms with Crippen LogP contribution in [0.3, 0.4) is 0 Å². The van der Waals surface area contributed by atoms with Crippen molar-refractivity contribution in [3.8, 4) is 0 Å². The zero-order chi connectivity index (χ0) is 14.4. The molecule has 108 valence electrons. The fraction of sp³-hybridized carbons (Fsp3) is 0.429. The molecule has 20 heavy (non-hydrogen) atoms. The van der Waals surface area contributed by atoms with Crippen LogP contribution in [0.15, 0.2) is 30.3 Å². The Kier molecular flexibility index (Phi) is 4.95. The van der Waals surface area contributed by atoms with E-state index in [0.717, 1.165) is 5.56 Å². The van der Waals surface area contributed by atoms with Crippen molar-refractivity contribution in [2.45, 2.75) is 19.4 Å². The van der Waals surface area contributed by atoms with Crippen LogP contribution in [-0.4, -0.2) is 35.4 Å². The first-order chi connectivity index (χ1) is 9.65. The Morgan fingerprint density at radius 1 is 1.20 bits per heavy atom. The Morgan fingerprint density at radius 3 is 2.45 bits per heavy atom. The summed E-state index contributed by atoms with van der Waals surface area (Å²) >= 11 is 0. The topological polar surface area (TPSA) is 76.1 Å². The van der Waals surface area contributed by atoms with E-state index in [0.29, 0.717) is 25.9 Å². The number of ether oxygens (including phenoxy) is 1. The number of piperidine rings is 1. The molecule has 0 spiro atoms. The SMILES string of the molecule is O=C(O)ON1CCC(C(=O)OCc2ccccc2)CC1. The van der Waals surface area contributed by atoms with Gasteiger partial charge in [-0.05, 0) is 18.4 Å². The Morgan fingerprint density at radius 2 is 1.85 bits per heavy atom. The van der Waals surface area contributed by atoms with E-state index in [1.165, 1.54) is 5.06 Å². The molecule has 1 aliphatic heterocycles. The molecule has 1 aliphatic rings. The summed E-state index contributed by atoms with van der Waals surface area (Å²) in [6.45, 7) is 1.10. The van der Waals surface area contributed by atoms with Crippen LogP contribution >= 0.6 is 0 Å². The van der Waals surface area contributed by atoms with Crippen LogP contribution in [0.4, 0.5) is 4.79 Å². The highest BCUT2D eigenvalue weighted by atomic mass is 16.8. The third-order valence-electron chi connectivity index (χ3n) is 3.22. The van der Waals surface area contributed by atoms with Crippen molar-refractivity contribution in [2.75, 3.05) is 13.1 Å². The quantitative estimate of drug-likeness (QED) is 0.850. The highest BCUT2D eigenvalue weighted by molar-refractivity contribution is 5.72. The molecule has 1 aromatic rings. The highest BCUT2D eigenvalue weighted by Crippen LogP contribution is 2.19. The molecule has 0 bridgehead atoms. The van der Waals surface area contributed by atoms with Gasteiger partial charge in [0.25, 0.3) is 0 Å². The molecular weight excluding hydrogens is 262 g/mol. The van der Waals surface area contributed by atoms with Crippen molar-refractivity contribution >= 4 is 12.1 Å². The third-order valence-corrected chi connectivity index (χ3v) is 3.22. The van der Waals surface area contributed by atoms with Crippen LogP contribution in [0, 0.1) is 5.92 Å². The van der Waals surface area contributed by atoms with Gasteiger partial charge in [0.1, 0.15) is 6.61 Å². The van der Waals surface area contributed by atoms with E-state index in [9.17, 15) is 9.59 Å². The maximum absolute atomic E-state index is 11.9. The number of nitrogens with zero attached hydrogens (tertiary/aromatic N) is 1. The number of carboxylic acid groups (broad SMARTS) is 1. The second-order valence-electron chi connectivity index (χ2n) is 4.65. The van der Waals surface area contributed by atoms with Crippen molar-refractivity contribution in [1.82, 2.24) is 5.06 Å². The maximum Gasteiger partial charge on any atom is 0.525 e. The van der Waals surface area contributed by atoms with Gasteiger partial charge in [-0.3, -0.25) is 4.79 Å². The summed E-state index contributed by atoms with van der Waals surface area (Å²) in [6.07, 6.45) is -0.239. The first-order valence-corrected chi connectivity index (χ1v) is 6.51. The van der Waals surface area contributed by atoms with E-state index >= 15 is 0 Å². The van der Waals surface area contributed by atoms with Crippen molar-refractivity contribution in [1.29, 1.82) is 0 Å². The molecule has 6 nitrogen and oxygen atoms in total. The lowest BCUT2D eigenvalue weighted by Gasteiger charge is -2.28. The molecule has 0 radical (unpaired) electrons. The number of carbonyl (C=O) groups is 2. The van der Waals surface area contributed by atoms with Crippen LogP contribution in [0.1, 0.15) is 18.4 Å². The van der Waals surface area contributed by atoms with Crippen LogP contribution in [0.2, 0.25) is 0 Å². The summed E-state index contributed by atoms with van der Waals surface area (Å²) in [4.78, 5) is 26.8. The lowest BCUT2D eigenvalue weighted by atomic mass is 9.98. The van der Waals surface area contributed by atoms with Gasteiger partial charge >= 0.3 is 12.1 Å². The summed E-state index contributed by atoms with van der Waals surface area (Å²) in [7, 11) is 0. The molecule has 1 aromatic carbocycles. The molecular formula is C14H17NO5. The Balaban J connectivity index is 1.73. The van der Waals surface area contributed by atoms with Gasteiger partial charge in [0.15, 0.2) is 0 Å². The normalized spacial score (nSPS) is 16.6. The standard InChI is InChI=1S/C14H17NO5/c16-13(19-10-11-4-2-1-3-5-11)12-6-8-15(9-7-12)20-14(17)18/h1-5,12H,6-10H2,(H,17,18). The van der Waals surface area contributed by atoms with Gasteiger partial charge in [0.2, 0.25) is 0 Å². The molecule has 0 aromatic heterocycles. The minimum atomic E-state index is -1.32. The van der Waals surface area contributed by atoms with Gasteiger partial charge in [0, 0.05) is 13.1 Å². The summed E-state index contributed by atoms with van der Waals surface area (Å²) in [5, 5.41) is 9.85. The molecule has 0 atom stereocenters. The Bertz CT molecular complexity index is 454. The number of rotatable bonds is 4. The number of esters is 1. The fourth-order valence-electron chi connectivity index (χ4n) is 2.14. The minimum absolute atomic E-state index is 0.188. The lowest BCUT2D eigenvalue weighted by Crippen LogP contribution is -2.38. The average Bonchev–Trinajstić information content (AvgIpc) is 2.46. The molecule has 0 saturated carbocycles. The molecule has 1 heterocycles. The smallest absolute Gasteiger partial charge is 0.461 e. The van der Waals surface area contributed by atoms with E-state index in [4.69, 9.17) is 9.84 Å². The van der Waals surface area contributed by atoms with Crippen molar-refractivity contribution in [3.63, 3.8) is 0 Å². The largest absolute Gasteiger partial charge is 0.525 e. The van der Waals surface area contributed by atoms with Crippen molar-refractivity contribution in [2.24, 2.45) is 5.92 Å². The zero-order valence-corrected chi connectivity index (χ0v) is 11.0. The highest BCUT2D eigenvalue weighted by Gasteiger charge is 2.27. The number of hydrogen-bond acceptors (Lipinski definition) is 5. The lowest BCUT2D eigenvalue weighted by molar-refractivity contribution is -0.161. The predicted octanol–water partition coefficient (Wildman–Crippen LogP) is 2.05. The summed E-state index contributed by atoms with van der Waals surface area (Å²) in [6, 6.07) is 9.49. The minimum Gasteiger partial charge on any atom is -0.461 e. The third kappa shape index (κ3) is 4.24. The van der Waals surface area contributed by atoms with E-state index < -0.39 is 6.16 Å². The molecule has 1 fully saturated rings. The number of benzene rings is 1. The first-order valence-electron chi connectivity index (χ1n) is 6.51. The molecule has 0 amide bonds. The van der Waals surface area contributed by atoms with Crippen molar-refractivity contribution in [3.05, 3.63) is 35.9 Å². The molecule has 1 saturated heterocycles. The van der Waals surface area contributed by atoms with Crippen LogP contribution in [0.5, 0.6) is 0 Å². The van der Waals surface area contributed by atoms with Crippen LogP contribution < -0.4 is 0 Å². The zero-order valence-electron chi connectivity index (χ0n) is 11.0. The second-order valence-corrected chi connectivity index (χ2v) is 4.65. The maximum atomic E-state index is 11.9. The summed E-state index contributed by atoms with van der Waals surface area (Å²) in [5.41, 5.74) is 0.951. The fourth-order valence-corrected chi connectivity index (χ4v) is 2.14. The molecule has 6 heteroatoms. The Labute approximate surface area is 116 Å². The van der Waals surface area contributed by atoms with Gasteiger partial charge in [-0.1, -0.05) is 30.3 Å². The summed E-state index contributed by atoms with van der Waals surface area (Å²) < 4.78 is 5.27. The molecule has 1 N–H and O–H groups in total. The first kappa shape index (κ1) is 14.3. The van der Waals surface area contributed by atoms with E-state index in [1.54, 1.807) is 0 Å². The van der Waals surface area contributed by atoms with Gasteiger partial charge in [-0.15, -0.1) is 5.06 Å². The summed E-state index contributed by atoms with van der Waals surface area (Å²) in [5.74, 6) is -0.420. The monoisotopic (exact) mass is 279 g/mol. The second kappa shape index (κ2) is 6.91. The van der Waals surface area contributed by atoms with Crippen molar-refractivity contribution < 1.29 is 24.3 Å².